The summed E-state index contributed by atoms with van der Waals surface area (Å²) in [5, 5.41) is 25.2. The zero-order chi connectivity index (χ0) is 19.9. The van der Waals surface area contributed by atoms with Crippen molar-refractivity contribution in [2.75, 3.05) is 6.54 Å². The molecule has 0 amide bonds. The van der Waals surface area contributed by atoms with Crippen LogP contribution in [0.25, 0.3) is 5.69 Å². The van der Waals surface area contributed by atoms with Gasteiger partial charge in [0.25, 0.3) is 0 Å². The van der Waals surface area contributed by atoms with Crippen LogP contribution in [-0.4, -0.2) is 31.9 Å². The van der Waals surface area contributed by atoms with Crippen molar-refractivity contribution >= 4 is 12.4 Å². The molecule has 2 N–H and O–H groups in total. The van der Waals surface area contributed by atoms with Crippen LogP contribution >= 0.6 is 12.4 Å². The van der Waals surface area contributed by atoms with Crippen molar-refractivity contribution in [2.24, 2.45) is 0 Å². The summed E-state index contributed by atoms with van der Waals surface area (Å²) < 4.78 is 7.43. The number of aliphatic hydroxyl groups is 1. The Morgan fingerprint density at radius 2 is 1.67 bits per heavy atom. The van der Waals surface area contributed by atoms with Gasteiger partial charge >= 0.3 is 6.01 Å². The van der Waals surface area contributed by atoms with E-state index in [0.29, 0.717) is 24.8 Å². The normalized spacial score (nSPS) is 11.5. The Balaban J connectivity index is 0.00000256. The second-order valence-corrected chi connectivity index (χ2v) is 6.52. The van der Waals surface area contributed by atoms with E-state index in [-0.39, 0.29) is 12.4 Å². The highest BCUT2D eigenvalue weighted by molar-refractivity contribution is 5.85. The van der Waals surface area contributed by atoms with Gasteiger partial charge in [-0.25, -0.2) is 0 Å². The molecule has 0 aliphatic rings. The van der Waals surface area contributed by atoms with Crippen molar-refractivity contribution in [2.45, 2.75) is 12.6 Å². The summed E-state index contributed by atoms with van der Waals surface area (Å²) in [4.78, 5) is 0. The molecule has 30 heavy (non-hydrogen) atoms. The fourth-order valence-corrected chi connectivity index (χ4v) is 2.94. The third-order valence-corrected chi connectivity index (χ3v) is 4.40. The highest BCUT2D eigenvalue weighted by Gasteiger charge is 2.11. The maximum absolute atomic E-state index is 10.3. The largest absolute Gasteiger partial charge is 0.423 e. The van der Waals surface area contributed by atoms with Crippen molar-refractivity contribution in [1.82, 2.24) is 25.5 Å². The molecular weight excluding hydrogens is 402 g/mol. The summed E-state index contributed by atoms with van der Waals surface area (Å²) in [6.07, 6.45) is -0.550. The zero-order valence-corrected chi connectivity index (χ0v) is 16.9. The Hall–Kier alpha value is -3.26. The third-order valence-electron chi connectivity index (χ3n) is 4.40. The van der Waals surface area contributed by atoms with E-state index in [2.05, 4.69) is 20.8 Å². The first-order valence-electron chi connectivity index (χ1n) is 9.34. The molecule has 4 aromatic rings. The van der Waals surface area contributed by atoms with E-state index in [1.807, 2.05) is 84.9 Å². The number of aliphatic hydroxyl groups excluding tert-OH is 1. The molecule has 0 spiro atoms. The molecule has 154 valence electrons. The molecule has 0 aliphatic carbocycles. The molecule has 0 radical (unpaired) electrons. The monoisotopic (exact) mass is 423 g/mol. The summed E-state index contributed by atoms with van der Waals surface area (Å²) >= 11 is 0. The van der Waals surface area contributed by atoms with E-state index in [1.165, 1.54) is 0 Å². The van der Waals surface area contributed by atoms with Crippen LogP contribution in [0.1, 0.15) is 17.2 Å². The third kappa shape index (κ3) is 5.42. The number of rotatable bonds is 8. The number of ether oxygens (including phenoxy) is 1. The van der Waals surface area contributed by atoms with E-state index in [9.17, 15) is 5.11 Å². The first kappa shape index (κ1) is 21.4. The maximum Gasteiger partial charge on any atom is 0.345 e. The van der Waals surface area contributed by atoms with E-state index in [1.54, 1.807) is 4.68 Å². The highest BCUT2D eigenvalue weighted by atomic mass is 35.5. The van der Waals surface area contributed by atoms with Gasteiger partial charge < -0.3 is 15.2 Å². The first-order chi connectivity index (χ1) is 14.3. The Kier molecular flexibility index (Phi) is 7.51. The number of aromatic nitrogens is 4. The van der Waals surface area contributed by atoms with Crippen molar-refractivity contribution < 1.29 is 9.84 Å². The lowest BCUT2D eigenvalue weighted by Crippen LogP contribution is -2.21. The lowest BCUT2D eigenvalue weighted by Gasteiger charge is -2.12. The average molecular weight is 424 g/mol. The van der Waals surface area contributed by atoms with Gasteiger partial charge in [-0.3, -0.25) is 0 Å². The fourth-order valence-electron chi connectivity index (χ4n) is 2.94. The number of nitrogens with zero attached hydrogens (tertiary/aromatic N) is 4. The van der Waals surface area contributed by atoms with Crippen LogP contribution in [0.4, 0.5) is 0 Å². The summed E-state index contributed by atoms with van der Waals surface area (Å²) in [6.45, 7) is 1.06. The van der Waals surface area contributed by atoms with Crippen molar-refractivity contribution in [3.8, 4) is 17.4 Å². The van der Waals surface area contributed by atoms with Gasteiger partial charge in [-0.2, -0.15) is 4.68 Å². The number of para-hydroxylation sites is 1. The Morgan fingerprint density at radius 1 is 0.933 bits per heavy atom. The second kappa shape index (κ2) is 10.5. The summed E-state index contributed by atoms with van der Waals surface area (Å²) in [7, 11) is 0. The molecule has 0 bridgehead atoms. The molecular formula is C22H22ClN5O2. The first-order valence-corrected chi connectivity index (χ1v) is 9.34. The molecule has 1 atom stereocenters. The molecule has 0 saturated carbocycles. The summed E-state index contributed by atoms with van der Waals surface area (Å²) in [5.41, 5.74) is 2.74. The lowest BCUT2D eigenvalue weighted by molar-refractivity contribution is 0.174. The Morgan fingerprint density at radius 3 is 2.43 bits per heavy atom. The van der Waals surface area contributed by atoms with E-state index >= 15 is 0 Å². The van der Waals surface area contributed by atoms with Gasteiger partial charge in [0.2, 0.25) is 0 Å². The zero-order valence-electron chi connectivity index (χ0n) is 16.1. The van der Waals surface area contributed by atoms with Crippen LogP contribution in [0.15, 0.2) is 84.9 Å². The topological polar surface area (TPSA) is 85.1 Å². The maximum atomic E-state index is 10.3. The predicted octanol–water partition coefficient (Wildman–Crippen LogP) is 3.70. The minimum Gasteiger partial charge on any atom is -0.423 e. The molecule has 0 fully saturated rings. The summed E-state index contributed by atoms with van der Waals surface area (Å²) in [6, 6.07) is 27.1. The SMILES string of the molecule is Cl.OC(CNCc1cccc(Oc2nnnn2-c2ccccc2)c1)c1ccccc1. The molecule has 4 rings (SSSR count). The number of hydrogen-bond donors (Lipinski definition) is 2. The van der Waals surface area contributed by atoms with Crippen LogP contribution in [0.3, 0.4) is 0 Å². The number of hydrogen-bond acceptors (Lipinski definition) is 6. The van der Waals surface area contributed by atoms with E-state index in [0.717, 1.165) is 16.8 Å². The highest BCUT2D eigenvalue weighted by Crippen LogP contribution is 2.22. The molecule has 0 saturated heterocycles. The standard InChI is InChI=1S/C22H21N5O2.ClH/c28-21(18-9-3-1-4-10-18)16-23-15-17-8-7-13-20(14-17)29-22-24-25-26-27(22)19-11-5-2-6-12-19;/h1-14,21,23,28H,15-16H2;1H. The average Bonchev–Trinajstić information content (AvgIpc) is 3.23. The number of halogens is 1. The molecule has 8 heteroatoms. The summed E-state index contributed by atoms with van der Waals surface area (Å²) in [5.74, 6) is 0.639. The quantitative estimate of drug-likeness (QED) is 0.449. The van der Waals surface area contributed by atoms with Gasteiger partial charge in [0.15, 0.2) is 0 Å². The van der Waals surface area contributed by atoms with Crippen LogP contribution in [0.5, 0.6) is 11.8 Å². The molecule has 1 aromatic heterocycles. The van der Waals surface area contributed by atoms with Gasteiger partial charge in [0.05, 0.1) is 11.8 Å². The van der Waals surface area contributed by atoms with Crippen LogP contribution in [0, 0.1) is 0 Å². The molecule has 1 unspecified atom stereocenters. The number of benzene rings is 3. The van der Waals surface area contributed by atoms with Gasteiger partial charge in [-0.15, -0.1) is 12.4 Å². The van der Waals surface area contributed by atoms with Crippen molar-refractivity contribution in [3.05, 3.63) is 96.1 Å². The minimum atomic E-state index is -0.550. The molecule has 3 aromatic carbocycles. The van der Waals surface area contributed by atoms with Gasteiger partial charge in [0.1, 0.15) is 5.75 Å². The van der Waals surface area contributed by atoms with Gasteiger partial charge in [-0.1, -0.05) is 65.8 Å². The molecule has 0 aliphatic heterocycles. The molecule has 7 nitrogen and oxygen atoms in total. The van der Waals surface area contributed by atoms with E-state index in [4.69, 9.17) is 4.74 Å². The van der Waals surface area contributed by atoms with Crippen LogP contribution in [0.2, 0.25) is 0 Å². The van der Waals surface area contributed by atoms with E-state index < -0.39 is 6.10 Å². The molecule has 1 heterocycles. The van der Waals surface area contributed by atoms with Crippen molar-refractivity contribution in [1.29, 1.82) is 0 Å². The van der Waals surface area contributed by atoms with Crippen LogP contribution in [-0.2, 0) is 6.54 Å². The predicted molar refractivity (Wildman–Crippen MR) is 116 cm³/mol. The smallest absolute Gasteiger partial charge is 0.345 e. The fraction of sp³-hybridized carbons (Fsp3) is 0.136. The lowest BCUT2D eigenvalue weighted by atomic mass is 10.1. The van der Waals surface area contributed by atoms with Crippen LogP contribution < -0.4 is 10.1 Å². The van der Waals surface area contributed by atoms with Crippen molar-refractivity contribution in [3.63, 3.8) is 0 Å². The van der Waals surface area contributed by atoms with Gasteiger partial charge in [-0.05, 0) is 45.8 Å². The van der Waals surface area contributed by atoms with Gasteiger partial charge in [0, 0.05) is 13.1 Å². The number of tetrazole rings is 1. The second-order valence-electron chi connectivity index (χ2n) is 6.52. The number of nitrogens with one attached hydrogen (secondary N) is 1. The Bertz CT molecular complexity index is 1040. The Labute approximate surface area is 180 Å². The minimum absolute atomic E-state index is 0.